The van der Waals surface area contributed by atoms with E-state index in [0.717, 1.165) is 16.5 Å². The number of rotatable bonds is 9. The van der Waals surface area contributed by atoms with Crippen LogP contribution in [0.15, 0.2) is 30.3 Å². The predicted molar refractivity (Wildman–Crippen MR) is 151 cm³/mol. The van der Waals surface area contributed by atoms with E-state index >= 15 is 0 Å². The van der Waals surface area contributed by atoms with Crippen LogP contribution in [0.5, 0.6) is 0 Å². The van der Waals surface area contributed by atoms with Crippen molar-refractivity contribution in [2.24, 2.45) is 5.92 Å². The molecule has 0 saturated heterocycles. The number of hydrogen-bond donors (Lipinski definition) is 0. The summed E-state index contributed by atoms with van der Waals surface area (Å²) in [4.78, 5) is 46.7. The largest absolute Gasteiger partial charge is 0.464 e. The van der Waals surface area contributed by atoms with E-state index in [4.69, 9.17) is 23.9 Å². The molecule has 1 aromatic carbocycles. The van der Waals surface area contributed by atoms with Gasteiger partial charge in [-0.25, -0.2) is 9.59 Å². The molecule has 9 nitrogen and oxygen atoms in total. The highest BCUT2D eigenvalue weighted by atomic mass is 16.6. The quantitative estimate of drug-likeness (QED) is 0.269. The summed E-state index contributed by atoms with van der Waals surface area (Å²) in [5, 5.41) is 0.961. The molecule has 0 saturated carbocycles. The summed E-state index contributed by atoms with van der Waals surface area (Å²) >= 11 is 0. The van der Waals surface area contributed by atoms with Gasteiger partial charge in [0.2, 0.25) is 0 Å². The van der Waals surface area contributed by atoms with Gasteiger partial charge in [-0.1, -0.05) is 25.1 Å². The van der Waals surface area contributed by atoms with Gasteiger partial charge in [-0.2, -0.15) is 0 Å². The lowest BCUT2D eigenvalue weighted by molar-refractivity contribution is -0.181. The number of para-hydroxylation sites is 1. The van der Waals surface area contributed by atoms with Crippen LogP contribution in [0.3, 0.4) is 0 Å². The van der Waals surface area contributed by atoms with Crippen molar-refractivity contribution in [3.8, 4) is 0 Å². The highest BCUT2D eigenvalue weighted by Crippen LogP contribution is 2.44. The first-order valence-corrected chi connectivity index (χ1v) is 14.0. The summed E-state index contributed by atoms with van der Waals surface area (Å²) in [6.07, 6.45) is -0.143. The SMILES string of the molecule is CCOC(=O)C(CC)(OC)C(CC(=O)OC(C)(C)C)CC1c2nc3ccccc3cc2CN1C(=O)OC(C)(C)C. The van der Waals surface area contributed by atoms with Crippen LogP contribution in [0.2, 0.25) is 0 Å². The number of fused-ring (bicyclic) bond motifs is 2. The van der Waals surface area contributed by atoms with Crippen molar-refractivity contribution in [1.82, 2.24) is 9.88 Å². The van der Waals surface area contributed by atoms with E-state index in [-0.39, 0.29) is 32.4 Å². The number of methoxy groups -OCH3 is 1. The molecule has 2 aromatic rings. The number of aromatic nitrogens is 1. The third-order valence-electron chi connectivity index (χ3n) is 7.01. The Kier molecular flexibility index (Phi) is 9.50. The molecule has 3 unspecified atom stereocenters. The monoisotopic (exact) mass is 556 g/mol. The lowest BCUT2D eigenvalue weighted by Gasteiger charge is -2.39. The van der Waals surface area contributed by atoms with Crippen molar-refractivity contribution in [2.45, 2.75) is 104 Å². The molecule has 1 aliphatic rings. The summed E-state index contributed by atoms with van der Waals surface area (Å²) in [6, 6.07) is 9.22. The summed E-state index contributed by atoms with van der Waals surface area (Å²) in [7, 11) is 1.45. The number of ether oxygens (including phenoxy) is 4. The van der Waals surface area contributed by atoms with Gasteiger partial charge in [0.15, 0.2) is 5.60 Å². The molecule has 3 atom stereocenters. The van der Waals surface area contributed by atoms with Crippen molar-refractivity contribution in [1.29, 1.82) is 0 Å². The molecule has 0 radical (unpaired) electrons. The van der Waals surface area contributed by atoms with Gasteiger partial charge in [0.1, 0.15) is 11.2 Å². The molecule has 40 heavy (non-hydrogen) atoms. The number of amides is 1. The van der Waals surface area contributed by atoms with Crippen molar-refractivity contribution < 1.29 is 33.3 Å². The first-order chi connectivity index (χ1) is 18.6. The maximum absolute atomic E-state index is 13.5. The molecule has 220 valence electrons. The molecule has 0 fully saturated rings. The van der Waals surface area contributed by atoms with Gasteiger partial charge in [0.25, 0.3) is 0 Å². The molecule has 2 heterocycles. The number of pyridine rings is 1. The van der Waals surface area contributed by atoms with E-state index in [1.54, 1.807) is 32.6 Å². The fourth-order valence-electron chi connectivity index (χ4n) is 5.32. The Morgan fingerprint density at radius 1 is 1.02 bits per heavy atom. The van der Waals surface area contributed by atoms with Crippen LogP contribution >= 0.6 is 0 Å². The van der Waals surface area contributed by atoms with E-state index in [0.29, 0.717) is 5.69 Å². The molecular weight excluding hydrogens is 512 g/mol. The van der Waals surface area contributed by atoms with Crippen LogP contribution < -0.4 is 0 Å². The van der Waals surface area contributed by atoms with E-state index in [1.165, 1.54) is 7.11 Å². The zero-order chi connectivity index (χ0) is 29.9. The average molecular weight is 557 g/mol. The molecule has 1 amide bonds. The van der Waals surface area contributed by atoms with E-state index in [1.807, 2.05) is 58.0 Å². The van der Waals surface area contributed by atoms with Gasteiger partial charge in [-0.05, 0) is 79.0 Å². The van der Waals surface area contributed by atoms with E-state index in [9.17, 15) is 14.4 Å². The van der Waals surface area contributed by atoms with Gasteiger partial charge in [0, 0.05) is 18.4 Å². The topological polar surface area (TPSA) is 104 Å². The highest BCUT2D eigenvalue weighted by molar-refractivity contribution is 5.82. The van der Waals surface area contributed by atoms with Crippen LogP contribution in [0, 0.1) is 5.92 Å². The Bertz CT molecular complexity index is 1220. The van der Waals surface area contributed by atoms with Crippen LogP contribution in [0.1, 0.15) is 92.0 Å². The minimum Gasteiger partial charge on any atom is -0.464 e. The van der Waals surface area contributed by atoms with Crippen LogP contribution in [-0.4, -0.2) is 58.4 Å². The molecule has 0 N–H and O–H groups in total. The Hall–Kier alpha value is -3.20. The number of hydrogen-bond acceptors (Lipinski definition) is 8. The predicted octanol–water partition coefficient (Wildman–Crippen LogP) is 6.12. The molecular formula is C31H44N2O7. The highest BCUT2D eigenvalue weighted by Gasteiger charge is 2.50. The number of carbonyl (C=O) groups is 3. The van der Waals surface area contributed by atoms with Crippen molar-refractivity contribution in [3.63, 3.8) is 0 Å². The first-order valence-electron chi connectivity index (χ1n) is 14.0. The Labute approximate surface area is 237 Å². The number of nitrogens with zero attached hydrogens (tertiary/aromatic N) is 2. The second kappa shape index (κ2) is 12.1. The standard InChI is InChI=1S/C31H44N2O7/c1-10-31(37-9,27(35)38-11-2)22(18-25(34)39-29(3,4)5)17-24-26-21(16-20-14-12-13-15-23(20)32-26)19-33(24)28(36)40-30(6,7)8/h12-16,22,24H,10-11,17-19H2,1-9H3. The second-order valence-electron chi connectivity index (χ2n) is 12.2. The lowest BCUT2D eigenvalue weighted by atomic mass is 9.77. The summed E-state index contributed by atoms with van der Waals surface area (Å²) < 4.78 is 22.8. The molecule has 0 spiro atoms. The molecule has 3 rings (SSSR count). The molecule has 9 heteroatoms. The third kappa shape index (κ3) is 7.11. The van der Waals surface area contributed by atoms with E-state index < -0.39 is 46.8 Å². The third-order valence-corrected chi connectivity index (χ3v) is 7.01. The Balaban J connectivity index is 2.13. The molecule has 1 aromatic heterocycles. The van der Waals surface area contributed by atoms with Crippen molar-refractivity contribution in [2.75, 3.05) is 13.7 Å². The Morgan fingerprint density at radius 3 is 2.25 bits per heavy atom. The fraction of sp³-hybridized carbons (Fsp3) is 0.613. The minimum atomic E-state index is -1.44. The van der Waals surface area contributed by atoms with Crippen molar-refractivity contribution in [3.05, 3.63) is 41.6 Å². The number of carbonyl (C=O) groups excluding carboxylic acids is 3. The zero-order valence-electron chi connectivity index (χ0n) is 25.3. The molecule has 0 bridgehead atoms. The van der Waals surface area contributed by atoms with Gasteiger partial charge < -0.3 is 18.9 Å². The first kappa shape index (κ1) is 31.3. The molecule has 1 aliphatic heterocycles. The minimum absolute atomic E-state index is 0.112. The van der Waals surface area contributed by atoms with Gasteiger partial charge in [-0.15, -0.1) is 0 Å². The summed E-state index contributed by atoms with van der Waals surface area (Å²) in [5.41, 5.74) is -0.470. The van der Waals surface area contributed by atoms with Crippen molar-refractivity contribution >= 4 is 28.9 Å². The zero-order valence-corrected chi connectivity index (χ0v) is 25.3. The maximum atomic E-state index is 13.5. The maximum Gasteiger partial charge on any atom is 0.411 e. The number of esters is 2. The van der Waals surface area contributed by atoms with Crippen LogP contribution in [0.4, 0.5) is 4.79 Å². The second-order valence-corrected chi connectivity index (χ2v) is 12.2. The summed E-state index contributed by atoms with van der Waals surface area (Å²) in [6.45, 7) is 14.8. The van der Waals surface area contributed by atoms with Gasteiger partial charge in [0.05, 0.1) is 36.8 Å². The normalized spacial score (nSPS) is 17.6. The van der Waals surface area contributed by atoms with Gasteiger partial charge in [-0.3, -0.25) is 14.7 Å². The lowest BCUT2D eigenvalue weighted by Crippen LogP contribution is -2.50. The average Bonchev–Trinajstić information content (AvgIpc) is 3.19. The smallest absolute Gasteiger partial charge is 0.411 e. The van der Waals surface area contributed by atoms with Crippen LogP contribution in [-0.2, 0) is 35.1 Å². The Morgan fingerprint density at radius 2 is 1.68 bits per heavy atom. The fourth-order valence-corrected chi connectivity index (χ4v) is 5.32. The van der Waals surface area contributed by atoms with Crippen LogP contribution in [0.25, 0.3) is 10.9 Å². The summed E-state index contributed by atoms with van der Waals surface area (Å²) in [5.74, 6) is -1.71. The van der Waals surface area contributed by atoms with E-state index in [2.05, 4.69) is 0 Å². The number of benzene rings is 1. The van der Waals surface area contributed by atoms with Gasteiger partial charge >= 0.3 is 18.0 Å². The molecule has 0 aliphatic carbocycles.